The molecular weight excluding hydrogens is 354 g/mol. The zero-order valence-electron chi connectivity index (χ0n) is 13.9. The number of nitrogens with one attached hydrogen (secondary N) is 1. The highest BCUT2D eigenvalue weighted by Crippen LogP contribution is 2.31. The summed E-state index contributed by atoms with van der Waals surface area (Å²) in [6.07, 6.45) is -0.654. The van der Waals surface area contributed by atoms with Crippen molar-refractivity contribution in [3.63, 3.8) is 0 Å². The van der Waals surface area contributed by atoms with Gasteiger partial charge in [0, 0.05) is 15.7 Å². The van der Waals surface area contributed by atoms with Crippen molar-refractivity contribution in [2.24, 2.45) is 0 Å². The highest BCUT2D eigenvalue weighted by Gasteiger charge is 2.19. The highest BCUT2D eigenvalue weighted by atomic mass is 79.9. The quantitative estimate of drug-likeness (QED) is 0.787. The van der Waals surface area contributed by atoms with Crippen molar-refractivity contribution in [3.05, 3.63) is 63.6 Å². The van der Waals surface area contributed by atoms with Crippen LogP contribution in [0.3, 0.4) is 0 Å². The zero-order chi connectivity index (χ0) is 17.2. The summed E-state index contributed by atoms with van der Waals surface area (Å²) in [6, 6.07) is 13.1. The van der Waals surface area contributed by atoms with Crippen molar-refractivity contribution < 1.29 is 9.90 Å². The number of halogens is 1. The molecule has 2 aromatic carbocycles. The molecule has 0 saturated carbocycles. The minimum atomic E-state index is -0.654. The van der Waals surface area contributed by atoms with Gasteiger partial charge in [-0.05, 0) is 52.0 Å². The molecule has 2 rings (SSSR count). The van der Waals surface area contributed by atoms with Crippen LogP contribution in [0, 0.1) is 0 Å². The van der Waals surface area contributed by atoms with Gasteiger partial charge >= 0.3 is 0 Å². The van der Waals surface area contributed by atoms with E-state index in [4.69, 9.17) is 0 Å². The molecule has 4 heteroatoms. The molecule has 0 aliphatic carbocycles. The summed E-state index contributed by atoms with van der Waals surface area (Å²) in [4.78, 5) is 12.5. The van der Waals surface area contributed by atoms with Crippen LogP contribution in [0.15, 0.2) is 46.9 Å². The van der Waals surface area contributed by atoms with E-state index < -0.39 is 6.10 Å². The normalized spacial score (nSPS) is 12.8. The molecule has 0 fully saturated rings. The summed E-state index contributed by atoms with van der Waals surface area (Å²) in [6.45, 7) is 8.04. The number of benzene rings is 2. The van der Waals surface area contributed by atoms with Crippen molar-refractivity contribution >= 4 is 27.5 Å². The number of carbonyl (C=O) groups excluding carboxylic acids is 1. The van der Waals surface area contributed by atoms with Gasteiger partial charge in [-0.3, -0.25) is 4.79 Å². The third-order valence-electron chi connectivity index (χ3n) is 3.74. The van der Waals surface area contributed by atoms with Crippen LogP contribution >= 0.6 is 15.9 Å². The summed E-state index contributed by atoms with van der Waals surface area (Å²) >= 11 is 3.39. The molecule has 3 nitrogen and oxygen atoms in total. The SMILES string of the molecule is C[C@H](O)c1ccc(C(C)(C)C)cc1NC(=O)c1ccccc1Br. The fraction of sp³-hybridized carbons (Fsp3) is 0.316. The Bertz CT molecular complexity index is 718. The van der Waals surface area contributed by atoms with Gasteiger partial charge in [-0.1, -0.05) is 45.0 Å². The van der Waals surface area contributed by atoms with Crippen molar-refractivity contribution in [2.45, 2.75) is 39.2 Å². The summed E-state index contributed by atoms with van der Waals surface area (Å²) in [5.74, 6) is -0.203. The predicted octanol–water partition coefficient (Wildman–Crippen LogP) is 5.05. The fourth-order valence-electron chi connectivity index (χ4n) is 2.33. The molecule has 2 aromatic rings. The Morgan fingerprint density at radius 3 is 2.39 bits per heavy atom. The first-order chi connectivity index (χ1) is 10.7. The first kappa shape index (κ1) is 17.7. The number of aliphatic hydroxyl groups excluding tert-OH is 1. The van der Waals surface area contributed by atoms with E-state index in [-0.39, 0.29) is 11.3 Å². The maximum Gasteiger partial charge on any atom is 0.256 e. The zero-order valence-corrected chi connectivity index (χ0v) is 15.4. The Balaban J connectivity index is 2.41. The third kappa shape index (κ3) is 4.21. The molecule has 1 amide bonds. The van der Waals surface area contributed by atoms with Crippen molar-refractivity contribution in [2.75, 3.05) is 5.32 Å². The molecule has 0 saturated heterocycles. The minimum absolute atomic E-state index is 0.0377. The van der Waals surface area contributed by atoms with Crippen molar-refractivity contribution in [1.29, 1.82) is 0 Å². The Morgan fingerprint density at radius 2 is 1.83 bits per heavy atom. The number of carbonyl (C=O) groups is 1. The smallest absolute Gasteiger partial charge is 0.256 e. The summed E-state index contributed by atoms with van der Waals surface area (Å²) in [5.41, 5.74) is 2.98. The van der Waals surface area contributed by atoms with E-state index in [1.165, 1.54) is 0 Å². The molecule has 0 heterocycles. The minimum Gasteiger partial charge on any atom is -0.389 e. The molecule has 0 aromatic heterocycles. The highest BCUT2D eigenvalue weighted by molar-refractivity contribution is 9.10. The van der Waals surface area contributed by atoms with Crippen LogP contribution in [0.25, 0.3) is 0 Å². The average molecular weight is 376 g/mol. The number of hydrogen-bond donors (Lipinski definition) is 2. The van der Waals surface area contributed by atoms with Gasteiger partial charge in [0.05, 0.1) is 11.7 Å². The van der Waals surface area contributed by atoms with Crippen LogP contribution < -0.4 is 5.32 Å². The Kier molecular flexibility index (Phi) is 5.27. The van der Waals surface area contributed by atoms with E-state index in [1.54, 1.807) is 13.0 Å². The Hall–Kier alpha value is -1.65. The number of hydrogen-bond acceptors (Lipinski definition) is 2. The molecule has 23 heavy (non-hydrogen) atoms. The second-order valence-electron chi connectivity index (χ2n) is 6.66. The maximum absolute atomic E-state index is 12.5. The van der Waals surface area contributed by atoms with E-state index in [0.29, 0.717) is 16.8 Å². The molecule has 0 aliphatic heterocycles. The summed E-state index contributed by atoms with van der Waals surface area (Å²) in [5, 5.41) is 12.9. The van der Waals surface area contributed by atoms with Gasteiger partial charge < -0.3 is 10.4 Å². The molecule has 0 aliphatic rings. The number of amides is 1. The Labute approximate surface area is 145 Å². The van der Waals surface area contributed by atoms with Crippen LogP contribution in [0.4, 0.5) is 5.69 Å². The largest absolute Gasteiger partial charge is 0.389 e. The van der Waals surface area contributed by atoms with Gasteiger partial charge in [0.1, 0.15) is 0 Å². The van der Waals surface area contributed by atoms with E-state index >= 15 is 0 Å². The topological polar surface area (TPSA) is 49.3 Å². The second-order valence-corrected chi connectivity index (χ2v) is 7.52. The molecular formula is C19H22BrNO2. The predicted molar refractivity (Wildman–Crippen MR) is 97.9 cm³/mol. The van der Waals surface area contributed by atoms with Gasteiger partial charge in [0.15, 0.2) is 0 Å². The lowest BCUT2D eigenvalue weighted by Gasteiger charge is -2.22. The van der Waals surface area contributed by atoms with Crippen LogP contribution in [0.5, 0.6) is 0 Å². The van der Waals surface area contributed by atoms with Gasteiger partial charge in [-0.15, -0.1) is 0 Å². The fourth-order valence-corrected chi connectivity index (χ4v) is 2.80. The molecule has 0 unspecified atom stereocenters. The van der Waals surface area contributed by atoms with Gasteiger partial charge in [-0.2, -0.15) is 0 Å². The molecule has 122 valence electrons. The van der Waals surface area contributed by atoms with E-state index in [1.807, 2.05) is 36.4 Å². The summed E-state index contributed by atoms with van der Waals surface area (Å²) < 4.78 is 0.739. The molecule has 0 radical (unpaired) electrons. The van der Waals surface area contributed by atoms with Crippen LogP contribution in [-0.4, -0.2) is 11.0 Å². The monoisotopic (exact) mass is 375 g/mol. The van der Waals surface area contributed by atoms with Crippen LogP contribution in [-0.2, 0) is 5.41 Å². The van der Waals surface area contributed by atoms with Gasteiger partial charge in [-0.25, -0.2) is 0 Å². The lowest BCUT2D eigenvalue weighted by Crippen LogP contribution is -2.17. The van der Waals surface area contributed by atoms with Gasteiger partial charge in [0.25, 0.3) is 5.91 Å². The standard InChI is InChI=1S/C19H22BrNO2/c1-12(22)14-10-9-13(19(2,3)4)11-17(14)21-18(23)15-7-5-6-8-16(15)20/h5-12,22H,1-4H3,(H,21,23)/t12-/m0/s1. The van der Waals surface area contributed by atoms with E-state index in [0.717, 1.165) is 10.0 Å². The second kappa shape index (κ2) is 6.85. The summed E-state index contributed by atoms with van der Waals surface area (Å²) in [7, 11) is 0. The number of rotatable bonds is 3. The van der Waals surface area contributed by atoms with Crippen molar-refractivity contribution in [1.82, 2.24) is 0 Å². The maximum atomic E-state index is 12.5. The third-order valence-corrected chi connectivity index (χ3v) is 4.43. The molecule has 2 N–H and O–H groups in total. The molecule has 0 bridgehead atoms. The lowest BCUT2D eigenvalue weighted by atomic mass is 9.85. The molecule has 1 atom stereocenters. The average Bonchev–Trinajstić information content (AvgIpc) is 2.46. The van der Waals surface area contributed by atoms with Crippen molar-refractivity contribution in [3.8, 4) is 0 Å². The van der Waals surface area contributed by atoms with E-state index in [9.17, 15) is 9.90 Å². The van der Waals surface area contributed by atoms with E-state index in [2.05, 4.69) is 42.0 Å². The number of anilines is 1. The number of aliphatic hydroxyl groups is 1. The molecule has 0 spiro atoms. The lowest BCUT2D eigenvalue weighted by molar-refractivity contribution is 0.102. The van der Waals surface area contributed by atoms with Crippen LogP contribution in [0.2, 0.25) is 0 Å². The first-order valence-electron chi connectivity index (χ1n) is 7.58. The first-order valence-corrected chi connectivity index (χ1v) is 8.38. The van der Waals surface area contributed by atoms with Gasteiger partial charge in [0.2, 0.25) is 0 Å². The van der Waals surface area contributed by atoms with Crippen LogP contribution in [0.1, 0.15) is 55.3 Å². The Morgan fingerprint density at radius 1 is 1.17 bits per heavy atom.